The lowest BCUT2D eigenvalue weighted by molar-refractivity contribution is -0.670. The molecule has 1 aliphatic carbocycles. The van der Waals surface area contributed by atoms with Crippen molar-refractivity contribution in [3.8, 4) is 16.3 Å². The maximum atomic E-state index is 14.2. The molecule has 2 amide bonds. The van der Waals surface area contributed by atoms with E-state index in [1.807, 2.05) is 22.8 Å². The number of aromatic amines is 1. The molecule has 1 aliphatic heterocycles. The second-order valence-corrected chi connectivity index (χ2v) is 12.3. The van der Waals surface area contributed by atoms with Crippen LogP contribution in [0, 0.1) is 17.6 Å². The molecule has 1 fully saturated rings. The molecule has 0 bridgehead atoms. The van der Waals surface area contributed by atoms with Crippen molar-refractivity contribution in [3.05, 3.63) is 80.7 Å². The van der Waals surface area contributed by atoms with Crippen LogP contribution in [0.4, 0.5) is 8.78 Å². The Morgan fingerprint density at radius 2 is 1.98 bits per heavy atom. The second kappa shape index (κ2) is 11.1. The molecule has 0 radical (unpaired) electrons. The molecule has 1 spiro atoms. The molecule has 3 aromatic heterocycles. The fourth-order valence-electron chi connectivity index (χ4n) is 6.13. The number of carbonyl (C=O) groups excluding carboxylic acids is 2. The maximum absolute atomic E-state index is 14.2. The van der Waals surface area contributed by atoms with Crippen LogP contribution in [0.25, 0.3) is 10.6 Å². The number of hydrogen-bond donors (Lipinski definition) is 3. The molecule has 1 saturated carbocycles. The fraction of sp³-hybridized carbons (Fsp3) is 0.379. The summed E-state index contributed by atoms with van der Waals surface area (Å²) in [6, 6.07) is 3.26. The van der Waals surface area contributed by atoms with Crippen molar-refractivity contribution in [2.45, 2.75) is 44.3 Å². The number of nitrogens with one attached hydrogen (secondary N) is 2. The van der Waals surface area contributed by atoms with E-state index in [0.717, 1.165) is 29.2 Å². The van der Waals surface area contributed by atoms with E-state index >= 15 is 0 Å². The van der Waals surface area contributed by atoms with Crippen LogP contribution in [0.5, 0.6) is 5.75 Å². The zero-order valence-corrected chi connectivity index (χ0v) is 25.1. The molecule has 12 nitrogen and oxygen atoms in total. The molecule has 230 valence electrons. The molecule has 15 heteroatoms. The van der Waals surface area contributed by atoms with E-state index < -0.39 is 34.4 Å². The number of aromatic nitrogens is 5. The first kappa shape index (κ1) is 29.4. The number of hydrogen-bond acceptors (Lipinski definition) is 8. The quantitative estimate of drug-likeness (QED) is 0.278. The Balaban J connectivity index is 1.24. The highest BCUT2D eigenvalue weighted by atomic mass is 32.1. The number of aryl methyl sites for hydroxylation is 1. The zero-order valence-electron chi connectivity index (χ0n) is 24.3. The first-order chi connectivity index (χ1) is 21.0. The minimum Gasteiger partial charge on any atom is -0.502 e. The molecule has 0 unspecified atom stereocenters. The predicted octanol–water partition coefficient (Wildman–Crippen LogP) is 1.95. The van der Waals surface area contributed by atoms with Gasteiger partial charge in [0.05, 0.1) is 19.2 Å². The van der Waals surface area contributed by atoms with Gasteiger partial charge in [-0.05, 0) is 37.3 Å². The third kappa shape index (κ3) is 5.00. The van der Waals surface area contributed by atoms with Gasteiger partial charge >= 0.3 is 0 Å². The average molecular weight is 626 g/mol. The standard InChI is InChI=1S/C29H30F2N8O4S/c1-36-13-19(33-15-36)12-32-26(42)16-6-8-29(9-7-16)37(2)28(43)23-25(41)24(40)20(14-39(23)38(29)3)27-35-34-22(44-27)10-17-4-5-18(30)11-21(17)31/h4-5,11,13-16H,6-10,12H2,1-3H3,(H2,32,41,42,43)/p+1. The van der Waals surface area contributed by atoms with Crippen molar-refractivity contribution in [2.24, 2.45) is 13.0 Å². The number of rotatable bonds is 6. The van der Waals surface area contributed by atoms with Gasteiger partial charge in [-0.15, -0.1) is 10.2 Å². The Bertz CT molecular complexity index is 1830. The predicted molar refractivity (Wildman–Crippen MR) is 155 cm³/mol. The van der Waals surface area contributed by atoms with E-state index in [2.05, 4.69) is 20.5 Å². The molecule has 0 atom stereocenters. The zero-order chi connectivity index (χ0) is 31.3. The van der Waals surface area contributed by atoms with Gasteiger partial charge in [0.2, 0.25) is 17.7 Å². The highest BCUT2D eigenvalue weighted by Crippen LogP contribution is 2.42. The van der Waals surface area contributed by atoms with Gasteiger partial charge in [-0.3, -0.25) is 24.1 Å². The third-order valence-electron chi connectivity index (χ3n) is 8.70. The molecular formula is C29H31F2N8O4S+. The number of aromatic hydroxyl groups is 1. The summed E-state index contributed by atoms with van der Waals surface area (Å²) in [5.41, 5.74) is -0.631. The molecular weight excluding hydrogens is 594 g/mol. The number of nitrogens with zero attached hydrogens (tertiary/aromatic N) is 6. The normalized spacial score (nSPS) is 19.8. The first-order valence-corrected chi connectivity index (χ1v) is 14.9. The Morgan fingerprint density at radius 1 is 1.23 bits per heavy atom. The van der Waals surface area contributed by atoms with Crippen LogP contribution >= 0.6 is 11.3 Å². The van der Waals surface area contributed by atoms with Gasteiger partial charge in [0.1, 0.15) is 28.5 Å². The van der Waals surface area contributed by atoms with Gasteiger partial charge in [0.25, 0.3) is 5.91 Å². The molecule has 1 aromatic carbocycles. The van der Waals surface area contributed by atoms with Crippen molar-refractivity contribution >= 4 is 23.2 Å². The average Bonchev–Trinajstić information content (AvgIpc) is 3.65. The maximum Gasteiger partial charge on any atom is 0.278 e. The van der Waals surface area contributed by atoms with Gasteiger partial charge in [-0.25, -0.2) is 18.3 Å². The van der Waals surface area contributed by atoms with Gasteiger partial charge in [0, 0.05) is 38.7 Å². The number of fused-ring (bicyclic) bond motifs is 1. The number of pyridine rings is 1. The van der Waals surface area contributed by atoms with E-state index in [0.29, 0.717) is 37.2 Å². The lowest BCUT2D eigenvalue weighted by Gasteiger charge is -2.55. The monoisotopic (exact) mass is 625 g/mol. The van der Waals surface area contributed by atoms with Crippen LogP contribution in [0.1, 0.15) is 52.4 Å². The SMILES string of the molecule is CN1C(=O)c2c(O)c(=O)c(-c3nnc(Cc4ccc(F)cc4F)s3)cn2N(C)C12CCC(C(=O)NCc1c[n+](C)c[nH]1)CC2. The largest absolute Gasteiger partial charge is 0.502 e. The lowest BCUT2D eigenvalue weighted by atomic mass is 9.79. The Kier molecular flexibility index (Phi) is 7.43. The summed E-state index contributed by atoms with van der Waals surface area (Å²) in [4.78, 5) is 44.4. The summed E-state index contributed by atoms with van der Waals surface area (Å²) in [5, 5.41) is 24.5. The van der Waals surface area contributed by atoms with Crippen molar-refractivity contribution in [1.82, 2.24) is 30.1 Å². The van der Waals surface area contributed by atoms with E-state index in [9.17, 15) is 28.3 Å². The number of benzene rings is 1. The van der Waals surface area contributed by atoms with Gasteiger partial charge < -0.3 is 15.3 Å². The summed E-state index contributed by atoms with van der Waals surface area (Å²) in [7, 11) is 5.30. The Morgan fingerprint density at radius 3 is 2.66 bits per heavy atom. The summed E-state index contributed by atoms with van der Waals surface area (Å²) < 4.78 is 30.9. The van der Waals surface area contributed by atoms with Crippen LogP contribution in [0.2, 0.25) is 0 Å². The molecule has 6 rings (SSSR count). The van der Waals surface area contributed by atoms with Crippen LogP contribution in [0.3, 0.4) is 0 Å². The van der Waals surface area contributed by atoms with E-state index in [4.69, 9.17) is 0 Å². The van der Waals surface area contributed by atoms with E-state index in [1.165, 1.54) is 21.8 Å². The molecule has 3 N–H and O–H groups in total. The molecule has 2 aliphatic rings. The number of H-pyrrole nitrogens is 1. The van der Waals surface area contributed by atoms with Gasteiger partial charge in [0.15, 0.2) is 22.1 Å². The minimum absolute atomic E-state index is 0.0275. The molecule has 44 heavy (non-hydrogen) atoms. The second-order valence-electron chi connectivity index (χ2n) is 11.3. The molecule has 0 saturated heterocycles. The fourth-order valence-corrected chi connectivity index (χ4v) is 7.00. The smallest absolute Gasteiger partial charge is 0.278 e. The van der Waals surface area contributed by atoms with Crippen molar-refractivity contribution < 1.29 is 28.0 Å². The van der Waals surface area contributed by atoms with Crippen LogP contribution in [-0.4, -0.2) is 61.4 Å². The number of carbonyl (C=O) groups is 2. The highest BCUT2D eigenvalue weighted by Gasteiger charge is 2.50. The third-order valence-corrected chi connectivity index (χ3v) is 9.66. The highest BCUT2D eigenvalue weighted by molar-refractivity contribution is 7.14. The van der Waals surface area contributed by atoms with Gasteiger partial charge in [-0.2, -0.15) is 0 Å². The summed E-state index contributed by atoms with van der Waals surface area (Å²) in [6.45, 7) is 0.384. The van der Waals surface area contributed by atoms with Gasteiger partial charge in [-0.1, -0.05) is 17.4 Å². The number of halogens is 2. The van der Waals surface area contributed by atoms with Crippen molar-refractivity contribution in [3.63, 3.8) is 0 Å². The van der Waals surface area contributed by atoms with Crippen LogP contribution in [-0.2, 0) is 24.8 Å². The Hall–Kier alpha value is -4.66. The van der Waals surface area contributed by atoms with Crippen molar-refractivity contribution in [2.75, 3.05) is 19.1 Å². The van der Waals surface area contributed by atoms with Crippen LogP contribution < -0.4 is 20.3 Å². The number of amides is 2. The topological polar surface area (TPSA) is 140 Å². The molecule has 4 aromatic rings. The number of imidazole rings is 1. The molecule has 4 heterocycles. The first-order valence-electron chi connectivity index (χ1n) is 14.1. The van der Waals surface area contributed by atoms with Crippen LogP contribution in [0.15, 0.2) is 41.7 Å². The van der Waals surface area contributed by atoms with E-state index in [1.54, 1.807) is 20.4 Å². The lowest BCUT2D eigenvalue weighted by Crippen LogP contribution is -2.69. The summed E-state index contributed by atoms with van der Waals surface area (Å²) in [6.07, 6.45) is 7.21. The summed E-state index contributed by atoms with van der Waals surface area (Å²) in [5.74, 6) is -2.93. The van der Waals surface area contributed by atoms with E-state index in [-0.39, 0.29) is 40.1 Å². The Labute approximate surface area is 254 Å². The minimum atomic E-state index is -0.806. The van der Waals surface area contributed by atoms with Crippen molar-refractivity contribution in [1.29, 1.82) is 0 Å². The summed E-state index contributed by atoms with van der Waals surface area (Å²) >= 11 is 1.04.